The maximum atomic E-state index is 12.9. The van der Waals surface area contributed by atoms with Crippen molar-refractivity contribution in [1.82, 2.24) is 14.5 Å². The van der Waals surface area contributed by atoms with Gasteiger partial charge in [-0.05, 0) is 30.3 Å². The normalized spacial score (nSPS) is 11.1. The van der Waals surface area contributed by atoms with Crippen LogP contribution >= 0.6 is 11.6 Å². The average molecular weight is 262 g/mol. The number of rotatable bonds is 1. The molecule has 18 heavy (non-hydrogen) atoms. The van der Waals surface area contributed by atoms with Crippen molar-refractivity contribution in [2.75, 3.05) is 0 Å². The van der Waals surface area contributed by atoms with Crippen molar-refractivity contribution in [2.45, 2.75) is 0 Å². The minimum Gasteiger partial charge on any atom is -0.319 e. The fourth-order valence-electron chi connectivity index (χ4n) is 1.94. The highest BCUT2D eigenvalue weighted by atomic mass is 35.5. The number of hydrogen-bond donors (Lipinski definition) is 0. The predicted molar refractivity (Wildman–Crippen MR) is 68.9 cm³/mol. The van der Waals surface area contributed by atoms with Gasteiger partial charge >= 0.3 is 0 Å². The topological polar surface area (TPSA) is 30.7 Å². The average Bonchev–Trinajstić information content (AvgIpc) is 2.67. The van der Waals surface area contributed by atoms with Crippen LogP contribution in [0.2, 0.25) is 5.15 Å². The molecule has 3 aromatic rings. The van der Waals surface area contributed by atoms with Gasteiger partial charge in [-0.1, -0.05) is 11.6 Å². The summed E-state index contributed by atoms with van der Waals surface area (Å²) in [6.45, 7) is 0. The highest BCUT2D eigenvalue weighted by Crippen LogP contribution is 2.29. The third-order valence-corrected chi connectivity index (χ3v) is 3.24. The van der Waals surface area contributed by atoms with E-state index in [0.717, 1.165) is 22.3 Å². The molecule has 2 heterocycles. The number of nitrogens with zero attached hydrogens (tertiary/aromatic N) is 3. The Morgan fingerprint density at radius 3 is 2.61 bits per heavy atom. The number of benzene rings is 1. The summed E-state index contributed by atoms with van der Waals surface area (Å²) in [5.41, 5.74) is 2.35. The Morgan fingerprint density at radius 2 is 1.89 bits per heavy atom. The number of fused-ring (bicyclic) bond motifs is 1. The van der Waals surface area contributed by atoms with E-state index in [1.54, 1.807) is 16.7 Å². The van der Waals surface area contributed by atoms with Gasteiger partial charge < -0.3 is 4.57 Å². The zero-order valence-electron chi connectivity index (χ0n) is 9.56. The lowest BCUT2D eigenvalue weighted by atomic mass is 10.1. The Labute approximate surface area is 108 Å². The molecule has 3 rings (SSSR count). The van der Waals surface area contributed by atoms with Crippen molar-refractivity contribution >= 4 is 22.6 Å². The monoisotopic (exact) mass is 261 g/mol. The van der Waals surface area contributed by atoms with Crippen LogP contribution in [0.5, 0.6) is 0 Å². The molecule has 0 aliphatic carbocycles. The van der Waals surface area contributed by atoms with E-state index in [1.165, 1.54) is 18.5 Å². The molecule has 0 saturated heterocycles. The zero-order valence-corrected chi connectivity index (χ0v) is 10.3. The van der Waals surface area contributed by atoms with Crippen LogP contribution in [-0.2, 0) is 7.05 Å². The third kappa shape index (κ3) is 1.66. The van der Waals surface area contributed by atoms with Crippen molar-refractivity contribution < 1.29 is 4.39 Å². The summed E-state index contributed by atoms with van der Waals surface area (Å²) in [4.78, 5) is 8.45. The molecule has 0 spiro atoms. The molecule has 90 valence electrons. The van der Waals surface area contributed by atoms with Crippen LogP contribution in [0.3, 0.4) is 0 Å². The van der Waals surface area contributed by atoms with Crippen LogP contribution in [0.25, 0.3) is 22.3 Å². The van der Waals surface area contributed by atoms with Crippen LogP contribution in [0.15, 0.2) is 36.7 Å². The molecule has 0 atom stereocenters. The molecule has 1 aromatic carbocycles. The highest BCUT2D eigenvalue weighted by Gasteiger charge is 2.11. The molecule has 0 bridgehead atoms. The molecule has 0 N–H and O–H groups in total. The van der Waals surface area contributed by atoms with Crippen molar-refractivity contribution in [1.29, 1.82) is 0 Å². The van der Waals surface area contributed by atoms with Gasteiger partial charge in [-0.2, -0.15) is 0 Å². The van der Waals surface area contributed by atoms with Crippen molar-refractivity contribution in [3.63, 3.8) is 0 Å². The largest absolute Gasteiger partial charge is 0.319 e. The first-order chi connectivity index (χ1) is 8.66. The first kappa shape index (κ1) is 11.2. The summed E-state index contributed by atoms with van der Waals surface area (Å²) in [6, 6.07) is 8.02. The molecular formula is C13H9ClFN3. The molecule has 2 aromatic heterocycles. The van der Waals surface area contributed by atoms with E-state index in [9.17, 15) is 4.39 Å². The maximum absolute atomic E-state index is 12.9. The predicted octanol–water partition coefficient (Wildman–Crippen LogP) is 3.43. The van der Waals surface area contributed by atoms with Gasteiger partial charge in [-0.3, -0.25) is 0 Å². The van der Waals surface area contributed by atoms with Crippen LogP contribution in [0, 0.1) is 5.82 Å². The molecule has 0 saturated carbocycles. The number of halogens is 2. The van der Waals surface area contributed by atoms with Crippen molar-refractivity contribution in [2.24, 2.45) is 7.05 Å². The second kappa shape index (κ2) is 4.07. The lowest BCUT2D eigenvalue weighted by Gasteiger charge is -2.02. The minimum absolute atomic E-state index is 0.268. The van der Waals surface area contributed by atoms with Crippen LogP contribution in [-0.4, -0.2) is 14.5 Å². The minimum atomic E-state index is -0.268. The molecule has 0 radical (unpaired) electrons. The third-order valence-electron chi connectivity index (χ3n) is 2.88. The second-order valence-corrected chi connectivity index (χ2v) is 4.38. The van der Waals surface area contributed by atoms with E-state index in [4.69, 9.17) is 11.6 Å². The molecule has 3 nitrogen and oxygen atoms in total. The molecular weight excluding hydrogens is 253 g/mol. The summed E-state index contributed by atoms with van der Waals surface area (Å²) >= 11 is 6.07. The van der Waals surface area contributed by atoms with Gasteiger partial charge in [0, 0.05) is 18.0 Å². The first-order valence-electron chi connectivity index (χ1n) is 5.38. The van der Waals surface area contributed by atoms with Gasteiger partial charge in [-0.25, -0.2) is 14.4 Å². The second-order valence-electron chi connectivity index (χ2n) is 3.99. The fraction of sp³-hybridized carbons (Fsp3) is 0.0769. The van der Waals surface area contributed by atoms with E-state index in [2.05, 4.69) is 9.97 Å². The van der Waals surface area contributed by atoms with Gasteiger partial charge in [0.15, 0.2) is 0 Å². The van der Waals surface area contributed by atoms with Gasteiger partial charge in [0.1, 0.15) is 22.9 Å². The quantitative estimate of drug-likeness (QED) is 0.672. The Morgan fingerprint density at radius 1 is 1.17 bits per heavy atom. The summed E-state index contributed by atoms with van der Waals surface area (Å²) in [5, 5.41) is 1.45. The molecule has 5 heteroatoms. The highest BCUT2D eigenvalue weighted by molar-refractivity contribution is 6.31. The Bertz CT molecular complexity index is 719. The summed E-state index contributed by atoms with van der Waals surface area (Å²) in [6.07, 6.45) is 1.48. The smallest absolute Gasteiger partial charge is 0.144 e. The van der Waals surface area contributed by atoms with Gasteiger partial charge in [0.05, 0.1) is 5.69 Å². The van der Waals surface area contributed by atoms with Crippen LogP contribution in [0.4, 0.5) is 4.39 Å². The van der Waals surface area contributed by atoms with Crippen LogP contribution < -0.4 is 0 Å². The van der Waals surface area contributed by atoms with E-state index in [-0.39, 0.29) is 5.82 Å². The van der Waals surface area contributed by atoms with Gasteiger partial charge in [0.2, 0.25) is 0 Å². The molecule has 0 fully saturated rings. The first-order valence-corrected chi connectivity index (χ1v) is 5.76. The standard InChI is InChI=1S/C13H9ClFN3/c1-18-11(14)6-10-12(16-7-17-13(10)18)8-2-4-9(15)5-3-8/h2-7H,1H3. The van der Waals surface area contributed by atoms with E-state index < -0.39 is 0 Å². The molecule has 0 amide bonds. The Hall–Kier alpha value is -1.94. The van der Waals surface area contributed by atoms with Gasteiger partial charge in [-0.15, -0.1) is 0 Å². The van der Waals surface area contributed by atoms with E-state index in [0.29, 0.717) is 5.15 Å². The maximum Gasteiger partial charge on any atom is 0.144 e. The van der Waals surface area contributed by atoms with E-state index >= 15 is 0 Å². The van der Waals surface area contributed by atoms with Crippen molar-refractivity contribution in [3.05, 3.63) is 47.6 Å². The molecule has 0 aliphatic heterocycles. The lowest BCUT2D eigenvalue weighted by molar-refractivity contribution is 0.628. The number of aryl methyl sites for hydroxylation is 1. The van der Waals surface area contributed by atoms with Crippen LogP contribution in [0.1, 0.15) is 0 Å². The summed E-state index contributed by atoms with van der Waals surface area (Å²) < 4.78 is 14.7. The summed E-state index contributed by atoms with van der Waals surface area (Å²) in [5.74, 6) is -0.268. The van der Waals surface area contributed by atoms with E-state index in [1.807, 2.05) is 13.1 Å². The molecule has 0 aliphatic rings. The molecule has 0 unspecified atom stereocenters. The summed E-state index contributed by atoms with van der Waals surface area (Å²) in [7, 11) is 1.84. The zero-order chi connectivity index (χ0) is 12.7. The van der Waals surface area contributed by atoms with Gasteiger partial charge in [0.25, 0.3) is 0 Å². The van der Waals surface area contributed by atoms with Crippen molar-refractivity contribution in [3.8, 4) is 11.3 Å². The number of hydrogen-bond acceptors (Lipinski definition) is 2. The number of aromatic nitrogens is 3. The Kier molecular flexibility index (Phi) is 2.52. The SMILES string of the molecule is Cn1c(Cl)cc2c(-c3ccc(F)cc3)ncnc21. The lowest BCUT2D eigenvalue weighted by Crippen LogP contribution is -1.92. The Balaban J connectivity index is 2.29. The fourth-order valence-corrected chi connectivity index (χ4v) is 2.13.